The van der Waals surface area contributed by atoms with Gasteiger partial charge in [-0.15, -0.1) is 0 Å². The van der Waals surface area contributed by atoms with Crippen molar-refractivity contribution in [3.8, 4) is 28.4 Å². The molecule has 0 amide bonds. The average molecular weight is 486 g/mol. The molecule has 1 N–H and O–H groups in total. The molecule has 2 heterocycles. The Kier molecular flexibility index (Phi) is 8.00. The molecule has 0 aliphatic carbocycles. The normalized spacial score (nSPS) is 17.0. The zero-order chi connectivity index (χ0) is 23.4. The van der Waals surface area contributed by atoms with Gasteiger partial charge in [0.05, 0.1) is 17.3 Å². The quantitative estimate of drug-likeness (QED) is 0.331. The number of hydrogen-bond donors (Lipinski definition) is 1. The van der Waals surface area contributed by atoms with E-state index in [0.29, 0.717) is 28.7 Å². The van der Waals surface area contributed by atoms with Crippen LogP contribution in [-0.4, -0.2) is 40.1 Å². The first-order valence-corrected chi connectivity index (χ1v) is 12.7. The largest absolute Gasteiger partial charge is 0.494 e. The van der Waals surface area contributed by atoms with E-state index in [1.165, 1.54) is 32.2 Å². The van der Waals surface area contributed by atoms with E-state index in [9.17, 15) is 0 Å². The molecule has 1 aliphatic rings. The van der Waals surface area contributed by atoms with Crippen molar-refractivity contribution >= 4 is 23.2 Å². The maximum atomic E-state index is 6.62. The molecule has 33 heavy (non-hydrogen) atoms. The van der Waals surface area contributed by atoms with Crippen molar-refractivity contribution in [1.82, 2.24) is 14.9 Å². The summed E-state index contributed by atoms with van der Waals surface area (Å²) >= 11 is 12.6. The third kappa shape index (κ3) is 5.92. The summed E-state index contributed by atoms with van der Waals surface area (Å²) in [6.45, 7) is 8.55. The van der Waals surface area contributed by atoms with Crippen LogP contribution in [0.2, 0.25) is 10.0 Å². The number of rotatable bonds is 8. The molecule has 6 heteroatoms. The van der Waals surface area contributed by atoms with Crippen LogP contribution in [0.4, 0.5) is 0 Å². The molecule has 1 aliphatic heterocycles. The van der Waals surface area contributed by atoms with E-state index in [4.69, 9.17) is 32.9 Å². The molecule has 1 atom stereocenters. The Morgan fingerprint density at radius 2 is 1.91 bits per heavy atom. The number of imidazole rings is 1. The molecule has 1 unspecified atom stereocenters. The summed E-state index contributed by atoms with van der Waals surface area (Å²) in [6.07, 6.45) is 6.21. The van der Waals surface area contributed by atoms with Crippen LogP contribution in [0.1, 0.15) is 51.6 Å². The molecule has 4 nitrogen and oxygen atoms in total. The molecule has 1 aromatic heterocycles. The maximum absolute atomic E-state index is 6.62. The molecule has 4 rings (SSSR count). The number of likely N-dealkylation sites (tertiary alicyclic amines) is 1. The Morgan fingerprint density at radius 1 is 1.12 bits per heavy atom. The first-order valence-electron chi connectivity index (χ1n) is 11.9. The van der Waals surface area contributed by atoms with Crippen LogP contribution in [0.5, 0.6) is 5.75 Å². The predicted molar refractivity (Wildman–Crippen MR) is 138 cm³/mol. The van der Waals surface area contributed by atoms with E-state index in [0.717, 1.165) is 40.5 Å². The summed E-state index contributed by atoms with van der Waals surface area (Å²) in [6, 6.07) is 14.8. The number of benzene rings is 2. The Morgan fingerprint density at radius 3 is 2.64 bits per heavy atom. The molecule has 0 saturated carbocycles. The molecule has 3 aromatic rings. The zero-order valence-electron chi connectivity index (χ0n) is 19.7. The number of piperidine rings is 1. The van der Waals surface area contributed by atoms with Crippen LogP contribution in [0.3, 0.4) is 0 Å². The first kappa shape index (κ1) is 24.1. The lowest BCUT2D eigenvalue weighted by Crippen LogP contribution is -2.43. The summed E-state index contributed by atoms with van der Waals surface area (Å²) in [7, 11) is 0. The van der Waals surface area contributed by atoms with Crippen LogP contribution in [0.15, 0.2) is 42.5 Å². The van der Waals surface area contributed by atoms with E-state index in [2.05, 4.69) is 23.7 Å². The van der Waals surface area contributed by atoms with Gasteiger partial charge in [-0.1, -0.05) is 41.8 Å². The fourth-order valence-corrected chi connectivity index (χ4v) is 5.16. The Labute approximate surface area is 207 Å². The van der Waals surface area contributed by atoms with Crippen molar-refractivity contribution in [2.75, 3.05) is 13.2 Å². The highest BCUT2D eigenvalue weighted by atomic mass is 35.5. The minimum absolute atomic E-state index is 0.619. The lowest BCUT2D eigenvalue weighted by molar-refractivity contribution is 0.100. The number of aromatic nitrogens is 2. The minimum Gasteiger partial charge on any atom is -0.494 e. The fraction of sp³-hybridized carbons (Fsp3) is 0.444. The van der Waals surface area contributed by atoms with Gasteiger partial charge in [-0.25, -0.2) is 4.98 Å². The molecule has 1 saturated heterocycles. The Bertz CT molecular complexity index is 1060. The number of nitrogens with one attached hydrogen (secondary N) is 1. The van der Waals surface area contributed by atoms with E-state index < -0.39 is 0 Å². The topological polar surface area (TPSA) is 41.1 Å². The maximum Gasteiger partial charge on any atom is 0.139 e. The van der Waals surface area contributed by atoms with Crippen molar-refractivity contribution in [2.24, 2.45) is 0 Å². The van der Waals surface area contributed by atoms with Gasteiger partial charge in [0.15, 0.2) is 0 Å². The molecule has 0 spiro atoms. The zero-order valence-corrected chi connectivity index (χ0v) is 21.2. The molecule has 176 valence electrons. The van der Waals surface area contributed by atoms with Crippen molar-refractivity contribution in [3.05, 3.63) is 58.2 Å². The van der Waals surface area contributed by atoms with Gasteiger partial charge >= 0.3 is 0 Å². The number of nitrogens with zero attached hydrogens (tertiary/aromatic N) is 2. The second-order valence-electron chi connectivity index (χ2n) is 9.18. The fourth-order valence-electron chi connectivity index (χ4n) is 4.78. The van der Waals surface area contributed by atoms with Crippen LogP contribution in [0.25, 0.3) is 22.6 Å². The number of H-pyrrole nitrogens is 1. The van der Waals surface area contributed by atoms with Gasteiger partial charge in [0.25, 0.3) is 0 Å². The van der Waals surface area contributed by atoms with Gasteiger partial charge < -0.3 is 9.72 Å². The van der Waals surface area contributed by atoms with E-state index in [1.54, 1.807) is 0 Å². The summed E-state index contributed by atoms with van der Waals surface area (Å²) in [5.74, 6) is 1.55. The predicted octanol–water partition coefficient (Wildman–Crippen LogP) is 7.78. The van der Waals surface area contributed by atoms with Gasteiger partial charge in [-0.3, -0.25) is 4.90 Å². The van der Waals surface area contributed by atoms with Crippen molar-refractivity contribution in [2.45, 2.75) is 65.0 Å². The second-order valence-corrected chi connectivity index (χ2v) is 10.0. The lowest BCUT2D eigenvalue weighted by atomic mass is 9.96. The Balaban J connectivity index is 1.36. The van der Waals surface area contributed by atoms with Crippen LogP contribution >= 0.6 is 23.2 Å². The molecule has 2 aromatic carbocycles. The third-order valence-corrected chi connectivity index (χ3v) is 7.05. The summed E-state index contributed by atoms with van der Waals surface area (Å²) in [5.41, 5.74) is 3.77. The summed E-state index contributed by atoms with van der Waals surface area (Å²) in [4.78, 5) is 10.8. The molecule has 0 radical (unpaired) electrons. The van der Waals surface area contributed by atoms with Gasteiger partial charge in [-0.05, 0) is 83.3 Å². The highest BCUT2D eigenvalue weighted by Gasteiger charge is 2.23. The van der Waals surface area contributed by atoms with Gasteiger partial charge in [0, 0.05) is 33.9 Å². The number of aromatic amines is 1. The highest BCUT2D eigenvalue weighted by Crippen LogP contribution is 2.33. The lowest BCUT2D eigenvalue weighted by Gasteiger charge is -2.38. The van der Waals surface area contributed by atoms with E-state index >= 15 is 0 Å². The minimum atomic E-state index is 0.619. The molecular weight excluding hydrogens is 453 g/mol. The van der Waals surface area contributed by atoms with Crippen LogP contribution in [0, 0.1) is 6.92 Å². The SMILES string of the molecule is Cc1[nH]c(-c2ccc(OCCCC3CCCCN3C(C)C)cc2Cl)nc1-c1ccc(Cl)cc1. The van der Waals surface area contributed by atoms with Gasteiger partial charge in [0.1, 0.15) is 11.6 Å². The third-order valence-electron chi connectivity index (χ3n) is 6.48. The van der Waals surface area contributed by atoms with E-state index in [1.807, 2.05) is 49.4 Å². The highest BCUT2D eigenvalue weighted by molar-refractivity contribution is 6.33. The number of ether oxygens (including phenoxy) is 1. The Hall–Kier alpha value is -2.01. The molecular formula is C27H33Cl2N3O. The number of hydrogen-bond acceptors (Lipinski definition) is 3. The van der Waals surface area contributed by atoms with Gasteiger partial charge in [0.2, 0.25) is 0 Å². The average Bonchev–Trinajstić information content (AvgIpc) is 3.18. The van der Waals surface area contributed by atoms with Crippen molar-refractivity contribution in [1.29, 1.82) is 0 Å². The second kappa shape index (κ2) is 10.9. The summed E-state index contributed by atoms with van der Waals surface area (Å²) in [5, 5.41) is 1.34. The molecule has 1 fully saturated rings. The first-order chi connectivity index (χ1) is 15.9. The standard InChI is InChI=1S/C27H33Cl2N3O/c1-18(2)32-15-5-4-7-22(32)8-6-16-33-23-13-14-24(25(29)17-23)27-30-19(3)26(31-27)20-9-11-21(28)12-10-20/h9-14,17-18,22H,4-8,15-16H2,1-3H3,(H,30,31). The van der Waals surface area contributed by atoms with Crippen molar-refractivity contribution in [3.63, 3.8) is 0 Å². The summed E-state index contributed by atoms with van der Waals surface area (Å²) < 4.78 is 6.03. The van der Waals surface area contributed by atoms with Crippen LogP contribution in [-0.2, 0) is 0 Å². The van der Waals surface area contributed by atoms with Gasteiger partial charge in [-0.2, -0.15) is 0 Å². The number of halogens is 2. The van der Waals surface area contributed by atoms with E-state index in [-0.39, 0.29) is 0 Å². The monoisotopic (exact) mass is 485 g/mol. The van der Waals surface area contributed by atoms with Crippen molar-refractivity contribution < 1.29 is 4.74 Å². The van der Waals surface area contributed by atoms with Crippen LogP contribution < -0.4 is 4.74 Å². The molecule has 0 bridgehead atoms. The smallest absolute Gasteiger partial charge is 0.139 e. The number of aryl methyl sites for hydroxylation is 1.